The lowest BCUT2D eigenvalue weighted by Crippen LogP contribution is -2.90. The van der Waals surface area contributed by atoms with Crippen LogP contribution < -0.4 is 5.32 Å². The molecule has 0 spiro atoms. The van der Waals surface area contributed by atoms with Crippen molar-refractivity contribution in [1.82, 2.24) is 0 Å². The predicted molar refractivity (Wildman–Crippen MR) is 37.9 cm³/mol. The fourth-order valence-corrected chi connectivity index (χ4v) is 1.83. The zero-order valence-electron chi connectivity index (χ0n) is 4.65. The van der Waals surface area contributed by atoms with Gasteiger partial charge in [0, 0.05) is 0 Å². The van der Waals surface area contributed by atoms with Crippen LogP contribution in [0.4, 0.5) is 0 Å². The van der Waals surface area contributed by atoms with Crippen LogP contribution in [0.3, 0.4) is 0 Å². The number of aliphatic hydroxyl groups is 1. The third kappa shape index (κ3) is 1.61. The van der Waals surface area contributed by atoms with Crippen LogP contribution in [0.15, 0.2) is 0 Å². The average Bonchev–Trinajstić information content (AvgIpc) is 2.10. The molecule has 0 aromatic rings. The second-order valence-corrected chi connectivity index (χ2v) is 3.38. The van der Waals surface area contributed by atoms with Gasteiger partial charge in [-0.25, -0.2) is 4.79 Å². The fraction of sp³-hybridized carbons (Fsp3) is 0.750. The molecule has 1 aliphatic rings. The van der Waals surface area contributed by atoms with Gasteiger partial charge < -0.3 is 5.11 Å². The molecule has 5 heteroatoms. The minimum Gasteiger partial charge on any atom is -0.344 e. The van der Waals surface area contributed by atoms with Crippen molar-refractivity contribution in [2.75, 3.05) is 0 Å². The summed E-state index contributed by atoms with van der Waals surface area (Å²) >= 11 is 3.88. The van der Waals surface area contributed by atoms with Gasteiger partial charge in [-0.05, 0) is 0 Å². The molecule has 1 rings (SSSR count). The minimum absolute atomic E-state index is 0.00231. The molecule has 1 fully saturated rings. The van der Waals surface area contributed by atoms with Crippen LogP contribution in [0, 0.1) is 0 Å². The molecule has 3 N–H and O–H groups in total. The molecule has 1 saturated heterocycles. The SMILES string of the molecule is O=C1[NH2+]C(O)CC1SS. The molecule has 2 unspecified atom stereocenters. The summed E-state index contributed by atoms with van der Waals surface area (Å²) in [5, 5.41) is 10.1. The number of rotatable bonds is 1. The minimum atomic E-state index is -0.540. The second-order valence-electron chi connectivity index (χ2n) is 1.97. The predicted octanol–water partition coefficient (Wildman–Crippen LogP) is -1.25. The highest BCUT2D eigenvalue weighted by Gasteiger charge is 2.35. The van der Waals surface area contributed by atoms with Gasteiger partial charge in [-0.2, -0.15) is 0 Å². The molecule has 0 radical (unpaired) electrons. The number of amides is 1. The summed E-state index contributed by atoms with van der Waals surface area (Å²) in [7, 11) is 1.20. The first-order valence-electron chi connectivity index (χ1n) is 2.61. The van der Waals surface area contributed by atoms with E-state index in [1.165, 1.54) is 16.1 Å². The normalized spacial score (nSPS) is 35.6. The van der Waals surface area contributed by atoms with Gasteiger partial charge in [-0.15, -0.1) is 11.7 Å². The number of hydrogen-bond acceptors (Lipinski definition) is 4. The Morgan fingerprint density at radius 3 is 2.78 bits per heavy atom. The van der Waals surface area contributed by atoms with E-state index >= 15 is 0 Å². The number of aliphatic hydroxyl groups excluding tert-OH is 1. The largest absolute Gasteiger partial charge is 0.344 e. The number of hydrogen-bond donors (Lipinski definition) is 3. The lowest BCUT2D eigenvalue weighted by molar-refractivity contribution is -0.631. The molecule has 3 nitrogen and oxygen atoms in total. The summed E-state index contributed by atoms with van der Waals surface area (Å²) in [4.78, 5) is 10.7. The van der Waals surface area contributed by atoms with Crippen molar-refractivity contribution in [3.05, 3.63) is 0 Å². The van der Waals surface area contributed by atoms with Gasteiger partial charge in [0.15, 0.2) is 6.23 Å². The molecule has 1 heterocycles. The highest BCUT2D eigenvalue weighted by molar-refractivity contribution is 8.69. The molecule has 2 atom stereocenters. The lowest BCUT2D eigenvalue weighted by Gasteiger charge is -1.92. The van der Waals surface area contributed by atoms with Crippen LogP contribution in [0.2, 0.25) is 0 Å². The molecule has 0 bridgehead atoms. The molecule has 9 heavy (non-hydrogen) atoms. The van der Waals surface area contributed by atoms with E-state index in [2.05, 4.69) is 11.7 Å². The molecular formula is C4H8NO2S2+. The van der Waals surface area contributed by atoms with E-state index in [1.807, 2.05) is 0 Å². The van der Waals surface area contributed by atoms with Gasteiger partial charge in [0.1, 0.15) is 5.25 Å². The van der Waals surface area contributed by atoms with Crippen molar-refractivity contribution in [1.29, 1.82) is 0 Å². The maximum Gasteiger partial charge on any atom is 0.326 e. The summed E-state index contributed by atoms with van der Waals surface area (Å²) < 4.78 is 0. The van der Waals surface area contributed by atoms with Gasteiger partial charge in [-0.1, -0.05) is 10.8 Å². The van der Waals surface area contributed by atoms with E-state index in [1.54, 1.807) is 0 Å². The van der Waals surface area contributed by atoms with Crippen molar-refractivity contribution in [3.63, 3.8) is 0 Å². The Labute approximate surface area is 62.0 Å². The standard InChI is InChI=1S/C4H7NO2S2/c6-3-1-2(9-8)4(7)5-3/h2-3,6,8H,1H2,(H,5,7)/p+1. The van der Waals surface area contributed by atoms with Crippen molar-refractivity contribution in [3.8, 4) is 0 Å². The molecule has 1 amide bonds. The third-order valence-electron chi connectivity index (χ3n) is 1.26. The fourth-order valence-electron chi connectivity index (χ4n) is 0.795. The van der Waals surface area contributed by atoms with Crippen molar-refractivity contribution >= 4 is 28.4 Å². The second kappa shape index (κ2) is 2.92. The van der Waals surface area contributed by atoms with Crippen LogP contribution in [0.25, 0.3) is 0 Å². The van der Waals surface area contributed by atoms with Crippen LogP contribution in [-0.2, 0) is 4.79 Å². The molecule has 0 saturated carbocycles. The van der Waals surface area contributed by atoms with Crippen molar-refractivity contribution in [2.45, 2.75) is 17.9 Å². The first-order valence-corrected chi connectivity index (χ1v) is 4.54. The van der Waals surface area contributed by atoms with E-state index in [4.69, 9.17) is 5.11 Å². The van der Waals surface area contributed by atoms with E-state index < -0.39 is 6.23 Å². The molecular weight excluding hydrogens is 158 g/mol. The van der Waals surface area contributed by atoms with E-state index in [9.17, 15) is 4.79 Å². The summed E-state index contributed by atoms with van der Waals surface area (Å²) in [6, 6.07) is 0. The highest BCUT2D eigenvalue weighted by atomic mass is 33.1. The number of thiol groups is 1. The topological polar surface area (TPSA) is 53.9 Å². The average molecular weight is 166 g/mol. The maximum absolute atomic E-state index is 10.7. The molecule has 1 aliphatic heterocycles. The smallest absolute Gasteiger partial charge is 0.326 e. The van der Waals surface area contributed by atoms with E-state index in [-0.39, 0.29) is 11.2 Å². The number of primary amides is 1. The Morgan fingerprint density at radius 1 is 1.89 bits per heavy atom. The Hall–Kier alpha value is 0.290. The van der Waals surface area contributed by atoms with Gasteiger partial charge >= 0.3 is 5.91 Å². The summed E-state index contributed by atoms with van der Waals surface area (Å²) in [5.41, 5.74) is 0. The Bertz CT molecular complexity index is 130. The Balaban J connectivity index is 2.48. The van der Waals surface area contributed by atoms with Crippen LogP contribution >= 0.6 is 22.5 Å². The lowest BCUT2D eigenvalue weighted by atomic mass is 10.3. The number of nitrogens with two attached hydrogens (primary N) is 1. The van der Waals surface area contributed by atoms with Crippen LogP contribution in [-0.4, -0.2) is 22.5 Å². The number of carbonyl (C=O) groups is 1. The monoisotopic (exact) mass is 166 g/mol. The zero-order valence-corrected chi connectivity index (χ0v) is 6.36. The molecule has 0 aliphatic carbocycles. The maximum atomic E-state index is 10.7. The summed E-state index contributed by atoms with van der Waals surface area (Å²) in [6.07, 6.45) is -0.0188. The third-order valence-corrected chi connectivity index (χ3v) is 2.70. The van der Waals surface area contributed by atoms with E-state index in [0.717, 1.165) is 0 Å². The van der Waals surface area contributed by atoms with Gasteiger partial charge in [0.05, 0.1) is 6.42 Å². The van der Waals surface area contributed by atoms with Crippen LogP contribution in [0.1, 0.15) is 6.42 Å². The Kier molecular flexibility index (Phi) is 2.40. The summed E-state index contributed by atoms with van der Waals surface area (Å²) in [6.45, 7) is 0. The van der Waals surface area contributed by atoms with Crippen molar-refractivity contribution < 1.29 is 15.2 Å². The number of quaternary nitrogens is 1. The number of carbonyl (C=O) groups excluding carboxylic acids is 1. The molecule has 0 aromatic heterocycles. The van der Waals surface area contributed by atoms with Gasteiger partial charge in [0.2, 0.25) is 0 Å². The quantitative estimate of drug-likeness (QED) is 0.337. The van der Waals surface area contributed by atoms with Gasteiger partial charge in [0.25, 0.3) is 0 Å². The van der Waals surface area contributed by atoms with Crippen LogP contribution in [0.5, 0.6) is 0 Å². The highest BCUT2D eigenvalue weighted by Crippen LogP contribution is 2.20. The summed E-state index contributed by atoms with van der Waals surface area (Å²) in [5.74, 6) is 0.00231. The van der Waals surface area contributed by atoms with Gasteiger partial charge in [-0.3, -0.25) is 5.32 Å². The Morgan fingerprint density at radius 2 is 2.56 bits per heavy atom. The first kappa shape index (κ1) is 7.40. The molecule has 0 aromatic carbocycles. The first-order chi connectivity index (χ1) is 4.24. The zero-order chi connectivity index (χ0) is 6.85. The molecule has 52 valence electrons. The van der Waals surface area contributed by atoms with Crippen molar-refractivity contribution in [2.24, 2.45) is 0 Å². The van der Waals surface area contributed by atoms with E-state index in [0.29, 0.717) is 6.42 Å².